The number of rotatable bonds is 0. The Morgan fingerprint density at radius 2 is 2.27 bits per heavy atom. The molecule has 1 atom stereocenters. The molecule has 1 unspecified atom stereocenters. The Morgan fingerprint density at radius 3 is 3.07 bits per heavy atom. The van der Waals surface area contributed by atoms with Gasteiger partial charge in [-0.05, 0) is 16.7 Å². The van der Waals surface area contributed by atoms with Crippen LogP contribution < -0.4 is 5.43 Å². The van der Waals surface area contributed by atoms with E-state index in [-0.39, 0.29) is 6.04 Å². The highest BCUT2D eigenvalue weighted by Gasteiger charge is 2.35. The summed E-state index contributed by atoms with van der Waals surface area (Å²) in [6.07, 6.45) is 1.14. The Balaban J connectivity index is 1.97. The number of nitrogens with one attached hydrogen (secondary N) is 1. The SMILES string of the molecule is O=C(O)N1CC2=Cc3ccccc3C2N1. The molecule has 15 heavy (non-hydrogen) atoms. The molecular formula is C11H10N2O2. The highest BCUT2D eigenvalue weighted by atomic mass is 16.4. The number of fused-ring (bicyclic) bond motifs is 3. The van der Waals surface area contributed by atoms with E-state index < -0.39 is 6.09 Å². The number of hydrogen-bond acceptors (Lipinski definition) is 2. The Hall–Kier alpha value is -1.81. The first-order chi connectivity index (χ1) is 7.25. The van der Waals surface area contributed by atoms with Crippen LogP contribution in [0.25, 0.3) is 6.08 Å². The maximum absolute atomic E-state index is 10.8. The van der Waals surface area contributed by atoms with Crippen LogP contribution in [0.2, 0.25) is 0 Å². The van der Waals surface area contributed by atoms with Crippen molar-refractivity contribution in [2.45, 2.75) is 6.04 Å². The fourth-order valence-electron chi connectivity index (χ4n) is 2.18. The van der Waals surface area contributed by atoms with Crippen LogP contribution in [-0.4, -0.2) is 22.8 Å². The van der Waals surface area contributed by atoms with Gasteiger partial charge >= 0.3 is 6.09 Å². The Labute approximate surface area is 86.8 Å². The van der Waals surface area contributed by atoms with E-state index in [4.69, 9.17) is 5.11 Å². The summed E-state index contributed by atoms with van der Waals surface area (Å²) in [5, 5.41) is 10.1. The van der Waals surface area contributed by atoms with E-state index >= 15 is 0 Å². The molecule has 2 N–H and O–H groups in total. The van der Waals surface area contributed by atoms with Crippen molar-refractivity contribution >= 4 is 12.2 Å². The molecule has 76 valence electrons. The lowest BCUT2D eigenvalue weighted by Crippen LogP contribution is -2.36. The Bertz CT molecular complexity index is 467. The van der Waals surface area contributed by atoms with Gasteiger partial charge in [-0.25, -0.2) is 15.2 Å². The van der Waals surface area contributed by atoms with Crippen LogP contribution in [-0.2, 0) is 0 Å². The topological polar surface area (TPSA) is 52.6 Å². The van der Waals surface area contributed by atoms with Crippen molar-refractivity contribution < 1.29 is 9.90 Å². The predicted octanol–water partition coefficient (Wildman–Crippen LogP) is 1.62. The largest absolute Gasteiger partial charge is 0.464 e. The van der Waals surface area contributed by atoms with Gasteiger partial charge in [-0.15, -0.1) is 0 Å². The zero-order valence-corrected chi connectivity index (χ0v) is 7.97. The van der Waals surface area contributed by atoms with Crippen LogP contribution in [0.15, 0.2) is 29.8 Å². The predicted molar refractivity (Wildman–Crippen MR) is 55.0 cm³/mol. The molecule has 0 saturated carbocycles. The fourth-order valence-corrected chi connectivity index (χ4v) is 2.18. The minimum Gasteiger partial charge on any atom is -0.464 e. The summed E-state index contributed by atoms with van der Waals surface area (Å²) in [7, 11) is 0. The summed E-state index contributed by atoms with van der Waals surface area (Å²) in [5.41, 5.74) is 6.45. The van der Waals surface area contributed by atoms with Crippen LogP contribution in [0.3, 0.4) is 0 Å². The first kappa shape index (κ1) is 8.49. The zero-order valence-electron chi connectivity index (χ0n) is 7.97. The molecule has 1 aromatic carbocycles. The van der Waals surface area contributed by atoms with Crippen molar-refractivity contribution in [1.82, 2.24) is 10.4 Å². The van der Waals surface area contributed by atoms with Crippen molar-refractivity contribution in [3.8, 4) is 0 Å². The van der Waals surface area contributed by atoms with Gasteiger partial charge in [-0.2, -0.15) is 0 Å². The van der Waals surface area contributed by atoms with E-state index in [1.165, 1.54) is 10.6 Å². The standard InChI is InChI=1S/C11H10N2O2/c14-11(15)13-6-8-5-7-3-1-2-4-9(7)10(8)12-13/h1-5,10,12H,6H2,(H,14,15). The van der Waals surface area contributed by atoms with Gasteiger partial charge in [0.05, 0.1) is 12.6 Å². The molecule has 1 fully saturated rings. The molecule has 0 aromatic heterocycles. The molecule has 1 saturated heterocycles. The summed E-state index contributed by atoms with van der Waals surface area (Å²) in [6, 6.07) is 8.10. The van der Waals surface area contributed by atoms with Gasteiger partial charge in [0.2, 0.25) is 0 Å². The van der Waals surface area contributed by atoms with Crippen molar-refractivity contribution in [3.05, 3.63) is 41.0 Å². The molecule has 1 amide bonds. The Kier molecular flexibility index (Phi) is 1.61. The van der Waals surface area contributed by atoms with E-state index in [1.54, 1.807) is 0 Å². The first-order valence-electron chi connectivity index (χ1n) is 4.82. The number of carbonyl (C=O) groups is 1. The van der Waals surface area contributed by atoms with Crippen molar-refractivity contribution in [1.29, 1.82) is 0 Å². The van der Waals surface area contributed by atoms with E-state index in [9.17, 15) is 4.79 Å². The maximum Gasteiger partial charge on any atom is 0.422 e. The monoisotopic (exact) mass is 202 g/mol. The van der Waals surface area contributed by atoms with Crippen LogP contribution in [0.4, 0.5) is 4.79 Å². The average molecular weight is 202 g/mol. The van der Waals surface area contributed by atoms with Crippen molar-refractivity contribution in [3.63, 3.8) is 0 Å². The highest BCUT2D eigenvalue weighted by Crippen LogP contribution is 2.37. The van der Waals surface area contributed by atoms with Crippen LogP contribution >= 0.6 is 0 Å². The third-order valence-electron chi connectivity index (χ3n) is 2.88. The quantitative estimate of drug-likeness (QED) is 0.672. The lowest BCUT2D eigenvalue weighted by molar-refractivity contribution is 0.135. The highest BCUT2D eigenvalue weighted by molar-refractivity contribution is 5.72. The van der Waals surface area contributed by atoms with Crippen LogP contribution in [0, 0.1) is 0 Å². The molecular weight excluding hydrogens is 192 g/mol. The smallest absolute Gasteiger partial charge is 0.422 e. The van der Waals surface area contributed by atoms with E-state index in [1.807, 2.05) is 24.3 Å². The third-order valence-corrected chi connectivity index (χ3v) is 2.88. The summed E-state index contributed by atoms with van der Waals surface area (Å²) in [6.45, 7) is 0.453. The van der Waals surface area contributed by atoms with Crippen molar-refractivity contribution in [2.75, 3.05) is 6.54 Å². The van der Waals surface area contributed by atoms with Gasteiger partial charge < -0.3 is 5.11 Å². The van der Waals surface area contributed by atoms with Gasteiger partial charge in [-0.3, -0.25) is 0 Å². The molecule has 3 rings (SSSR count). The lowest BCUT2D eigenvalue weighted by atomic mass is 10.1. The number of amides is 1. The maximum atomic E-state index is 10.8. The molecule has 1 aliphatic carbocycles. The van der Waals surface area contributed by atoms with Crippen LogP contribution in [0.1, 0.15) is 17.2 Å². The first-order valence-corrected chi connectivity index (χ1v) is 4.82. The molecule has 0 spiro atoms. The van der Waals surface area contributed by atoms with Gasteiger partial charge in [0.1, 0.15) is 0 Å². The third kappa shape index (κ3) is 1.15. The Morgan fingerprint density at radius 1 is 1.47 bits per heavy atom. The summed E-state index contributed by atoms with van der Waals surface area (Å²) in [5.74, 6) is 0. The number of nitrogens with zero attached hydrogens (tertiary/aromatic N) is 1. The molecule has 1 heterocycles. The summed E-state index contributed by atoms with van der Waals surface area (Å²) >= 11 is 0. The number of carboxylic acid groups (broad SMARTS) is 1. The number of benzene rings is 1. The summed E-state index contributed by atoms with van der Waals surface area (Å²) < 4.78 is 0. The number of hydrogen-bond donors (Lipinski definition) is 2. The normalized spacial score (nSPS) is 22.3. The minimum atomic E-state index is -0.928. The second-order valence-corrected chi connectivity index (χ2v) is 3.78. The van der Waals surface area contributed by atoms with Crippen LogP contribution in [0.5, 0.6) is 0 Å². The average Bonchev–Trinajstić information content (AvgIpc) is 2.73. The minimum absolute atomic E-state index is 0.0531. The molecule has 2 aliphatic rings. The molecule has 4 heteroatoms. The van der Waals surface area contributed by atoms with Gasteiger partial charge in [0, 0.05) is 0 Å². The van der Waals surface area contributed by atoms with E-state index in [0.717, 1.165) is 11.1 Å². The molecule has 1 aromatic rings. The van der Waals surface area contributed by atoms with Crippen molar-refractivity contribution in [2.24, 2.45) is 0 Å². The van der Waals surface area contributed by atoms with Gasteiger partial charge in [0.25, 0.3) is 0 Å². The molecule has 4 nitrogen and oxygen atoms in total. The second-order valence-electron chi connectivity index (χ2n) is 3.78. The van der Waals surface area contributed by atoms with E-state index in [2.05, 4.69) is 11.5 Å². The molecule has 0 radical (unpaired) electrons. The van der Waals surface area contributed by atoms with E-state index in [0.29, 0.717) is 6.54 Å². The molecule has 0 bridgehead atoms. The van der Waals surface area contributed by atoms with Gasteiger partial charge in [0.15, 0.2) is 0 Å². The summed E-state index contributed by atoms with van der Waals surface area (Å²) in [4.78, 5) is 10.8. The lowest BCUT2D eigenvalue weighted by Gasteiger charge is -2.14. The van der Waals surface area contributed by atoms with Gasteiger partial charge in [-0.1, -0.05) is 30.3 Å². The fraction of sp³-hybridized carbons (Fsp3) is 0.182. The zero-order chi connectivity index (χ0) is 10.4. The second kappa shape index (κ2) is 2.84. The molecule has 1 aliphatic heterocycles. The number of hydrazine groups is 1.